The number of carbonyl (C=O) groups is 1. The second-order valence-electron chi connectivity index (χ2n) is 9.26. The Balaban J connectivity index is 1.22. The van der Waals surface area contributed by atoms with E-state index in [0.29, 0.717) is 17.4 Å². The number of aromatic nitrogens is 5. The van der Waals surface area contributed by atoms with Crippen LogP contribution < -0.4 is 10.1 Å². The minimum atomic E-state index is -0.258. The number of nitrogens with zero attached hydrogens (tertiary/aromatic N) is 5. The van der Waals surface area contributed by atoms with Crippen molar-refractivity contribution < 1.29 is 9.53 Å². The summed E-state index contributed by atoms with van der Waals surface area (Å²) in [4.78, 5) is 23.9. The molecule has 168 valence electrons. The zero-order valence-electron chi connectivity index (χ0n) is 18.6. The van der Waals surface area contributed by atoms with Crippen molar-refractivity contribution >= 4 is 22.8 Å². The van der Waals surface area contributed by atoms with Gasteiger partial charge >= 0.3 is 6.03 Å². The molecule has 1 fully saturated rings. The molecule has 6 rings (SSSR count). The first-order chi connectivity index (χ1) is 16.0. The SMILES string of the molecule is CN1CCc2c(ncnc2Oc2ccc3c(ccn3C(=O)Nc3cc(C4(C)CC4)[nH]n3)c2)C1. The van der Waals surface area contributed by atoms with Gasteiger partial charge in [-0.2, -0.15) is 5.10 Å². The minimum absolute atomic E-state index is 0.172. The van der Waals surface area contributed by atoms with Crippen LogP contribution in [0.5, 0.6) is 11.6 Å². The van der Waals surface area contributed by atoms with Gasteiger partial charge in [-0.25, -0.2) is 14.8 Å². The summed E-state index contributed by atoms with van der Waals surface area (Å²) in [7, 11) is 2.08. The van der Waals surface area contributed by atoms with Gasteiger partial charge in [0.25, 0.3) is 0 Å². The fourth-order valence-electron chi connectivity index (χ4n) is 4.34. The quantitative estimate of drug-likeness (QED) is 0.493. The van der Waals surface area contributed by atoms with Crippen molar-refractivity contribution in [2.24, 2.45) is 0 Å². The van der Waals surface area contributed by atoms with E-state index in [1.165, 1.54) is 0 Å². The molecular weight excluding hydrogens is 418 g/mol. The average Bonchev–Trinajstić information content (AvgIpc) is 3.20. The number of rotatable bonds is 4. The number of likely N-dealkylation sites (N-methyl/N-ethyl adjacent to an activating group) is 1. The first kappa shape index (κ1) is 19.9. The Morgan fingerprint density at radius 3 is 2.94 bits per heavy atom. The van der Waals surface area contributed by atoms with E-state index >= 15 is 0 Å². The van der Waals surface area contributed by atoms with E-state index in [1.807, 2.05) is 30.3 Å². The summed E-state index contributed by atoms with van der Waals surface area (Å²) in [5.41, 5.74) is 4.10. The molecule has 0 atom stereocenters. The summed E-state index contributed by atoms with van der Waals surface area (Å²) >= 11 is 0. The highest BCUT2D eigenvalue weighted by atomic mass is 16.5. The van der Waals surface area contributed by atoms with E-state index in [2.05, 4.69) is 44.4 Å². The number of hydrogen-bond donors (Lipinski definition) is 2. The molecule has 0 spiro atoms. The highest BCUT2D eigenvalue weighted by Crippen LogP contribution is 2.47. The lowest BCUT2D eigenvalue weighted by Gasteiger charge is -2.24. The molecule has 1 aromatic carbocycles. The summed E-state index contributed by atoms with van der Waals surface area (Å²) in [5, 5.41) is 11.1. The Morgan fingerprint density at radius 1 is 1.21 bits per heavy atom. The van der Waals surface area contributed by atoms with Gasteiger partial charge in [0.2, 0.25) is 5.88 Å². The number of anilines is 1. The molecule has 9 nitrogen and oxygen atoms in total. The van der Waals surface area contributed by atoms with Crippen LogP contribution in [0.1, 0.15) is 36.7 Å². The van der Waals surface area contributed by atoms with E-state index in [0.717, 1.165) is 60.2 Å². The molecule has 0 bridgehead atoms. The molecule has 0 radical (unpaired) electrons. The van der Waals surface area contributed by atoms with Gasteiger partial charge in [0.1, 0.15) is 12.1 Å². The molecule has 0 saturated heterocycles. The summed E-state index contributed by atoms with van der Waals surface area (Å²) < 4.78 is 7.71. The predicted octanol–water partition coefficient (Wildman–Crippen LogP) is 4.07. The summed E-state index contributed by atoms with van der Waals surface area (Å²) in [5.74, 6) is 1.81. The highest BCUT2D eigenvalue weighted by Gasteiger charge is 2.40. The van der Waals surface area contributed by atoms with Crippen LogP contribution in [0.4, 0.5) is 10.6 Å². The van der Waals surface area contributed by atoms with Crippen LogP contribution in [0, 0.1) is 0 Å². The second-order valence-corrected chi connectivity index (χ2v) is 9.26. The van der Waals surface area contributed by atoms with Gasteiger partial charge < -0.3 is 9.64 Å². The topological polar surface area (TPSA) is 101 Å². The summed E-state index contributed by atoms with van der Waals surface area (Å²) in [6.07, 6.45) is 6.45. The minimum Gasteiger partial charge on any atom is -0.439 e. The monoisotopic (exact) mass is 443 g/mol. The molecule has 1 saturated carbocycles. The molecule has 4 aromatic rings. The Kier molecular flexibility index (Phi) is 4.48. The van der Waals surface area contributed by atoms with Crippen molar-refractivity contribution in [3.63, 3.8) is 0 Å². The normalized spacial score (nSPS) is 17.0. The van der Waals surface area contributed by atoms with Crippen LogP contribution >= 0.6 is 0 Å². The number of nitrogens with one attached hydrogen (secondary N) is 2. The Bertz CT molecular complexity index is 1370. The maximum atomic E-state index is 12.9. The average molecular weight is 444 g/mol. The molecule has 1 amide bonds. The Hall–Kier alpha value is -3.72. The van der Waals surface area contributed by atoms with E-state index in [9.17, 15) is 4.79 Å². The zero-order valence-corrected chi connectivity index (χ0v) is 18.6. The van der Waals surface area contributed by atoms with Crippen molar-refractivity contribution in [1.82, 2.24) is 29.6 Å². The van der Waals surface area contributed by atoms with Crippen molar-refractivity contribution in [1.29, 1.82) is 0 Å². The number of benzene rings is 1. The van der Waals surface area contributed by atoms with Crippen molar-refractivity contribution in [3.8, 4) is 11.6 Å². The molecule has 9 heteroatoms. The van der Waals surface area contributed by atoms with Crippen LogP contribution in [0.15, 0.2) is 42.9 Å². The van der Waals surface area contributed by atoms with Crippen LogP contribution in [-0.2, 0) is 18.4 Å². The van der Waals surface area contributed by atoms with E-state index in [1.54, 1.807) is 17.1 Å². The maximum Gasteiger partial charge on any atom is 0.331 e. The second kappa shape index (κ2) is 7.41. The first-order valence-corrected chi connectivity index (χ1v) is 11.2. The molecule has 1 aliphatic carbocycles. The number of amides is 1. The number of fused-ring (bicyclic) bond motifs is 2. The van der Waals surface area contributed by atoms with Crippen LogP contribution in [0.25, 0.3) is 10.9 Å². The molecular formula is C24H25N7O2. The number of carbonyl (C=O) groups excluding carboxylic acids is 1. The van der Waals surface area contributed by atoms with Gasteiger partial charge in [0.05, 0.1) is 11.2 Å². The molecule has 3 aromatic heterocycles. The van der Waals surface area contributed by atoms with Gasteiger partial charge in [-0.15, -0.1) is 0 Å². The molecule has 33 heavy (non-hydrogen) atoms. The first-order valence-electron chi connectivity index (χ1n) is 11.2. The fourth-order valence-corrected chi connectivity index (χ4v) is 4.34. The number of ether oxygens (including phenoxy) is 1. The third-order valence-electron chi connectivity index (χ3n) is 6.72. The van der Waals surface area contributed by atoms with Gasteiger partial charge in [-0.1, -0.05) is 6.92 Å². The van der Waals surface area contributed by atoms with Crippen LogP contribution in [0.2, 0.25) is 0 Å². The standard InChI is InChI=1S/C24H25N7O2/c1-24(7-8-24)20-12-21(29-28-20)27-23(32)31-10-5-15-11-16(3-4-19(15)31)33-22-17-6-9-30(2)13-18(17)25-14-26-22/h3-5,10-12,14H,6-9,13H2,1-2H3,(H2,27,28,29,32). The van der Waals surface area contributed by atoms with Crippen molar-refractivity contribution in [3.05, 3.63) is 59.8 Å². The molecule has 4 heterocycles. The number of H-pyrrole nitrogens is 1. The van der Waals surface area contributed by atoms with Gasteiger partial charge in [0.15, 0.2) is 5.82 Å². The zero-order chi connectivity index (χ0) is 22.6. The van der Waals surface area contributed by atoms with Crippen molar-refractivity contribution in [2.75, 3.05) is 18.9 Å². The fraction of sp³-hybridized carbons (Fsp3) is 0.333. The summed E-state index contributed by atoms with van der Waals surface area (Å²) in [6.45, 7) is 3.94. The van der Waals surface area contributed by atoms with Crippen molar-refractivity contribution in [2.45, 2.75) is 38.1 Å². The lowest BCUT2D eigenvalue weighted by atomic mass is 10.1. The van der Waals surface area contributed by atoms with E-state index in [-0.39, 0.29) is 11.4 Å². The Morgan fingerprint density at radius 2 is 2.09 bits per heavy atom. The smallest absolute Gasteiger partial charge is 0.331 e. The molecule has 2 N–H and O–H groups in total. The third kappa shape index (κ3) is 3.64. The number of hydrogen-bond acceptors (Lipinski definition) is 6. The third-order valence-corrected chi connectivity index (χ3v) is 6.72. The van der Waals surface area contributed by atoms with Gasteiger partial charge in [-0.3, -0.25) is 15.0 Å². The van der Waals surface area contributed by atoms with Crippen LogP contribution in [-0.4, -0.2) is 49.3 Å². The lowest BCUT2D eigenvalue weighted by molar-refractivity contribution is 0.254. The Labute approximate surface area is 190 Å². The predicted molar refractivity (Wildman–Crippen MR) is 124 cm³/mol. The molecule has 1 aliphatic heterocycles. The highest BCUT2D eigenvalue weighted by molar-refractivity contribution is 5.98. The number of aromatic amines is 1. The van der Waals surface area contributed by atoms with Crippen LogP contribution in [0.3, 0.4) is 0 Å². The van der Waals surface area contributed by atoms with E-state index < -0.39 is 0 Å². The lowest BCUT2D eigenvalue weighted by Crippen LogP contribution is -2.27. The van der Waals surface area contributed by atoms with E-state index in [4.69, 9.17) is 4.74 Å². The summed E-state index contributed by atoms with van der Waals surface area (Å²) in [6, 6.07) is 9.22. The van der Waals surface area contributed by atoms with Gasteiger partial charge in [-0.05, 0) is 50.6 Å². The molecule has 2 aliphatic rings. The largest absolute Gasteiger partial charge is 0.439 e. The maximum absolute atomic E-state index is 12.9. The molecule has 0 unspecified atom stereocenters. The van der Waals surface area contributed by atoms with Gasteiger partial charge in [0, 0.05) is 47.4 Å².